The van der Waals surface area contributed by atoms with Gasteiger partial charge in [0.2, 0.25) is 5.95 Å². The monoisotopic (exact) mass is 650 g/mol. The first kappa shape index (κ1) is 31.3. The number of aryl methyl sites for hydroxylation is 1. The van der Waals surface area contributed by atoms with E-state index >= 15 is 0 Å². The van der Waals surface area contributed by atoms with Crippen LogP contribution in [0.3, 0.4) is 0 Å². The fourth-order valence-corrected chi connectivity index (χ4v) is 6.21. The minimum Gasteiger partial charge on any atom is -0.368 e. The second-order valence-corrected chi connectivity index (χ2v) is 12.1. The van der Waals surface area contributed by atoms with Gasteiger partial charge < -0.3 is 16.0 Å². The van der Waals surface area contributed by atoms with E-state index in [9.17, 15) is 14.4 Å². The van der Waals surface area contributed by atoms with Crippen LogP contribution in [-0.4, -0.2) is 46.6 Å². The maximum Gasteiger partial charge on any atom is 0.330 e. The number of benzodiazepines with no additional fused rings is 1. The summed E-state index contributed by atoms with van der Waals surface area (Å²) in [4.78, 5) is 59.2. The number of hydrogen-bond acceptors (Lipinski definition) is 7. The number of rotatable bonds is 6. The number of amides is 4. The molecule has 4 amide bonds. The molecule has 11 nitrogen and oxygen atoms in total. The number of aromatic nitrogens is 2. The minimum absolute atomic E-state index is 0.0937. The molecule has 0 radical (unpaired) electrons. The molecule has 49 heavy (non-hydrogen) atoms. The number of aliphatic imine (C=N–C) groups is 1. The highest BCUT2D eigenvalue weighted by molar-refractivity contribution is 6.21. The molecule has 0 spiro atoms. The molecule has 0 saturated carbocycles. The van der Waals surface area contributed by atoms with Crippen LogP contribution in [0.1, 0.15) is 45.1 Å². The van der Waals surface area contributed by atoms with Gasteiger partial charge in [-0.15, -0.1) is 0 Å². The van der Waals surface area contributed by atoms with Gasteiger partial charge in [0.25, 0.3) is 11.8 Å². The van der Waals surface area contributed by atoms with Crippen molar-refractivity contribution in [1.82, 2.24) is 9.97 Å². The van der Waals surface area contributed by atoms with Crippen molar-refractivity contribution in [2.75, 3.05) is 32.8 Å². The van der Waals surface area contributed by atoms with Gasteiger partial charge in [0.1, 0.15) is 11.9 Å². The summed E-state index contributed by atoms with van der Waals surface area (Å²) in [7, 11) is 1.64. The summed E-state index contributed by atoms with van der Waals surface area (Å²) in [6.45, 7) is 4.27. The normalized spacial score (nSPS) is 15.7. The molecule has 1 aromatic heterocycles. The van der Waals surface area contributed by atoms with Crippen molar-refractivity contribution in [3.63, 3.8) is 0 Å². The first-order chi connectivity index (χ1) is 23.7. The highest BCUT2D eigenvalue weighted by Crippen LogP contribution is 2.34. The van der Waals surface area contributed by atoms with Crippen molar-refractivity contribution in [3.05, 3.63) is 137 Å². The summed E-state index contributed by atoms with van der Waals surface area (Å²) in [6, 6.07) is 29.4. The van der Waals surface area contributed by atoms with Crippen LogP contribution >= 0.6 is 0 Å². The first-order valence-corrected chi connectivity index (χ1v) is 15.9. The van der Waals surface area contributed by atoms with E-state index in [0.29, 0.717) is 40.7 Å². The van der Waals surface area contributed by atoms with Crippen LogP contribution in [0.2, 0.25) is 0 Å². The molecule has 0 unspecified atom stereocenters. The van der Waals surface area contributed by atoms with E-state index in [1.54, 1.807) is 54.2 Å². The third kappa shape index (κ3) is 5.98. The standard InChI is InChI=1S/C38H34N8O3/c1-23-14-16-29(19-31(23)46-22-28-20-40-37(39)43-34(28)44(3)38(46)49)42-35(47)27-15-17-30-32(18-27)45(21-25-10-6-4-7-11-25)36(48)24(2)41-33(30)26-12-8-5-9-13-26/h4-20,24H,21-22H2,1-3H3,(H,42,47)(H2,39,40,43)/t24-/m0/s1. The Bertz CT molecular complexity index is 2130. The zero-order valence-electron chi connectivity index (χ0n) is 27.3. The average molecular weight is 651 g/mol. The average Bonchev–Trinajstić information content (AvgIpc) is 3.22. The molecule has 1 atom stereocenters. The van der Waals surface area contributed by atoms with Crippen molar-refractivity contribution in [3.8, 4) is 0 Å². The Morgan fingerprint density at radius 3 is 2.43 bits per heavy atom. The molecule has 0 fully saturated rings. The molecule has 3 heterocycles. The maximum atomic E-state index is 13.9. The van der Waals surface area contributed by atoms with Crippen LogP contribution in [0.15, 0.2) is 108 Å². The van der Waals surface area contributed by atoms with Crippen molar-refractivity contribution >= 4 is 52.4 Å². The van der Waals surface area contributed by atoms with E-state index in [2.05, 4.69) is 15.3 Å². The number of nitrogens with one attached hydrogen (secondary N) is 1. The minimum atomic E-state index is -0.637. The molecule has 2 aliphatic rings. The second kappa shape index (κ2) is 12.7. The molecule has 0 saturated heterocycles. The number of urea groups is 1. The highest BCUT2D eigenvalue weighted by Gasteiger charge is 2.33. The molecule has 4 aromatic carbocycles. The Morgan fingerprint density at radius 1 is 0.939 bits per heavy atom. The molecular weight excluding hydrogens is 616 g/mol. The summed E-state index contributed by atoms with van der Waals surface area (Å²) in [5.41, 5.74) is 12.8. The summed E-state index contributed by atoms with van der Waals surface area (Å²) in [5.74, 6) is 0.0315. The van der Waals surface area contributed by atoms with Crippen LogP contribution in [0.25, 0.3) is 0 Å². The van der Waals surface area contributed by atoms with Crippen molar-refractivity contribution in [2.24, 2.45) is 4.99 Å². The summed E-state index contributed by atoms with van der Waals surface area (Å²) >= 11 is 0. The quantitative estimate of drug-likeness (QED) is 0.232. The molecule has 11 heteroatoms. The van der Waals surface area contributed by atoms with E-state index < -0.39 is 6.04 Å². The van der Waals surface area contributed by atoms with Crippen LogP contribution in [0.5, 0.6) is 0 Å². The molecule has 7 rings (SSSR count). The third-order valence-corrected chi connectivity index (χ3v) is 8.76. The van der Waals surface area contributed by atoms with Gasteiger partial charge in [0, 0.05) is 41.2 Å². The number of hydrogen-bond donors (Lipinski definition) is 2. The number of benzene rings is 4. The number of anilines is 5. The first-order valence-electron chi connectivity index (χ1n) is 15.9. The SMILES string of the molecule is Cc1ccc(NC(=O)c2ccc3c(c2)N(Cc2ccccc2)C(=O)[C@H](C)N=C3c2ccccc2)cc1N1Cc2cnc(N)nc2N(C)C1=O. The van der Waals surface area contributed by atoms with Gasteiger partial charge in [-0.3, -0.25) is 24.4 Å². The van der Waals surface area contributed by atoms with Gasteiger partial charge in [-0.2, -0.15) is 4.98 Å². The van der Waals surface area contributed by atoms with Crippen LogP contribution < -0.4 is 25.8 Å². The van der Waals surface area contributed by atoms with Gasteiger partial charge >= 0.3 is 6.03 Å². The summed E-state index contributed by atoms with van der Waals surface area (Å²) in [6.07, 6.45) is 1.62. The largest absolute Gasteiger partial charge is 0.368 e. The summed E-state index contributed by atoms with van der Waals surface area (Å²) in [5, 5.41) is 3.00. The molecule has 2 aliphatic heterocycles. The third-order valence-electron chi connectivity index (χ3n) is 8.76. The lowest BCUT2D eigenvalue weighted by atomic mass is 9.98. The molecule has 0 bridgehead atoms. The van der Waals surface area contributed by atoms with Gasteiger partial charge in [-0.1, -0.05) is 66.7 Å². The van der Waals surface area contributed by atoms with Crippen molar-refractivity contribution < 1.29 is 14.4 Å². The van der Waals surface area contributed by atoms with Gasteiger partial charge in [0.15, 0.2) is 0 Å². The lowest BCUT2D eigenvalue weighted by molar-refractivity contribution is -0.119. The predicted molar refractivity (Wildman–Crippen MR) is 191 cm³/mol. The maximum absolute atomic E-state index is 13.9. The lowest BCUT2D eigenvalue weighted by Crippen LogP contribution is -2.46. The van der Waals surface area contributed by atoms with E-state index in [-0.39, 0.29) is 30.3 Å². The van der Waals surface area contributed by atoms with Gasteiger partial charge in [-0.05, 0) is 55.3 Å². The number of nitrogens with zero attached hydrogens (tertiary/aromatic N) is 6. The van der Waals surface area contributed by atoms with Gasteiger partial charge in [0.05, 0.1) is 30.2 Å². The Kier molecular flexibility index (Phi) is 8.09. The molecule has 3 N–H and O–H groups in total. The number of nitrogens with two attached hydrogens (primary N) is 1. The predicted octanol–water partition coefficient (Wildman–Crippen LogP) is 5.97. The molecule has 0 aliphatic carbocycles. The van der Waals surface area contributed by atoms with Crippen LogP contribution in [-0.2, 0) is 17.9 Å². The number of carbonyl (C=O) groups excluding carboxylic acids is 3. The van der Waals surface area contributed by atoms with Gasteiger partial charge in [-0.25, -0.2) is 9.78 Å². The Labute approximate surface area is 283 Å². The number of nitrogen functional groups attached to an aromatic ring is 1. The van der Waals surface area contributed by atoms with Crippen molar-refractivity contribution in [1.29, 1.82) is 0 Å². The summed E-state index contributed by atoms with van der Waals surface area (Å²) < 4.78 is 0. The van der Waals surface area contributed by atoms with E-state index in [1.807, 2.05) is 79.7 Å². The topological polar surface area (TPSA) is 137 Å². The fourth-order valence-electron chi connectivity index (χ4n) is 6.21. The van der Waals surface area contributed by atoms with Crippen LogP contribution in [0, 0.1) is 6.92 Å². The number of fused-ring (bicyclic) bond motifs is 2. The van der Waals surface area contributed by atoms with E-state index in [0.717, 1.165) is 27.8 Å². The zero-order valence-corrected chi connectivity index (χ0v) is 27.3. The molecule has 244 valence electrons. The Balaban J connectivity index is 1.23. The van der Waals surface area contributed by atoms with E-state index in [4.69, 9.17) is 10.7 Å². The number of carbonyl (C=O) groups is 3. The zero-order chi connectivity index (χ0) is 34.2. The second-order valence-electron chi connectivity index (χ2n) is 12.1. The Hall–Kier alpha value is -6.36. The fraction of sp³-hybridized carbons (Fsp3) is 0.158. The van der Waals surface area contributed by atoms with Crippen LogP contribution in [0.4, 0.5) is 33.6 Å². The van der Waals surface area contributed by atoms with E-state index in [1.165, 1.54) is 4.90 Å². The molecule has 5 aromatic rings. The molecular formula is C38H34N8O3. The smallest absolute Gasteiger partial charge is 0.330 e. The Morgan fingerprint density at radius 2 is 1.67 bits per heavy atom. The lowest BCUT2D eigenvalue weighted by Gasteiger charge is -2.34. The van der Waals surface area contributed by atoms with Crippen molar-refractivity contribution in [2.45, 2.75) is 33.0 Å². The highest BCUT2D eigenvalue weighted by atomic mass is 16.2.